The molecule has 1 amide bonds. The molecule has 1 heterocycles. The number of fused-ring (bicyclic) bond motifs is 1. The topological polar surface area (TPSA) is 38.8 Å². The summed E-state index contributed by atoms with van der Waals surface area (Å²) in [6, 6.07) is 21.8. The number of carbonyl (C=O) groups is 1. The molecule has 1 aliphatic heterocycles. The van der Waals surface area contributed by atoms with Crippen LogP contribution in [0.15, 0.2) is 66.7 Å². The highest BCUT2D eigenvalue weighted by Crippen LogP contribution is 2.41. The predicted molar refractivity (Wildman–Crippen MR) is 122 cm³/mol. The summed E-state index contributed by atoms with van der Waals surface area (Å²) < 4.78 is 12.1. The third kappa shape index (κ3) is 3.83. The van der Waals surface area contributed by atoms with E-state index >= 15 is 0 Å². The molecule has 4 rings (SSSR count). The van der Waals surface area contributed by atoms with Gasteiger partial charge in [0.1, 0.15) is 0 Å². The first-order chi connectivity index (χ1) is 14.1. The first-order valence-corrected chi connectivity index (χ1v) is 10.6. The lowest BCUT2D eigenvalue weighted by molar-refractivity contribution is 0.0694. The summed E-state index contributed by atoms with van der Waals surface area (Å²) in [7, 11) is 3.29. The van der Waals surface area contributed by atoms with Crippen molar-refractivity contribution in [1.29, 1.82) is 0 Å². The monoisotopic (exact) mass is 499 g/mol. The lowest BCUT2D eigenvalue weighted by Gasteiger charge is -2.38. The van der Waals surface area contributed by atoms with Crippen LogP contribution in [-0.2, 0) is 6.42 Å². The number of hydrogen-bond donors (Lipinski definition) is 0. The van der Waals surface area contributed by atoms with Crippen LogP contribution in [0.4, 0.5) is 0 Å². The number of benzene rings is 3. The molecule has 5 heteroatoms. The van der Waals surface area contributed by atoms with Crippen LogP contribution < -0.4 is 9.47 Å². The van der Waals surface area contributed by atoms with Gasteiger partial charge in [-0.3, -0.25) is 4.79 Å². The summed E-state index contributed by atoms with van der Waals surface area (Å²) in [5.41, 5.74) is 4.06. The van der Waals surface area contributed by atoms with E-state index in [4.69, 9.17) is 9.47 Å². The highest BCUT2D eigenvalue weighted by molar-refractivity contribution is 14.1. The number of rotatable bonds is 4. The molecule has 3 aromatic rings. The van der Waals surface area contributed by atoms with Gasteiger partial charge in [-0.1, -0.05) is 36.4 Å². The van der Waals surface area contributed by atoms with Gasteiger partial charge in [-0.05, 0) is 76.0 Å². The first-order valence-electron chi connectivity index (χ1n) is 9.48. The average Bonchev–Trinajstić information content (AvgIpc) is 2.77. The molecule has 0 saturated carbocycles. The summed E-state index contributed by atoms with van der Waals surface area (Å²) in [4.78, 5) is 15.5. The maximum atomic E-state index is 13.5. The van der Waals surface area contributed by atoms with Crippen LogP contribution in [0.25, 0.3) is 0 Å². The molecule has 29 heavy (non-hydrogen) atoms. The average molecular weight is 499 g/mol. The molecular formula is C24H22INO3. The van der Waals surface area contributed by atoms with E-state index in [1.54, 1.807) is 14.2 Å². The van der Waals surface area contributed by atoms with Gasteiger partial charge in [0, 0.05) is 15.7 Å². The zero-order valence-corrected chi connectivity index (χ0v) is 18.5. The number of methoxy groups -OCH3 is 2. The van der Waals surface area contributed by atoms with Crippen molar-refractivity contribution in [1.82, 2.24) is 4.90 Å². The molecule has 1 aliphatic rings. The number of hydrogen-bond acceptors (Lipinski definition) is 3. The third-order valence-corrected chi connectivity index (χ3v) is 5.99. The highest BCUT2D eigenvalue weighted by Gasteiger charge is 2.33. The Bertz CT molecular complexity index is 1040. The molecule has 1 unspecified atom stereocenters. The molecule has 0 aliphatic carbocycles. The Hall–Kier alpha value is -2.54. The van der Waals surface area contributed by atoms with Gasteiger partial charge >= 0.3 is 0 Å². The maximum absolute atomic E-state index is 13.5. The van der Waals surface area contributed by atoms with Crippen molar-refractivity contribution >= 4 is 28.5 Å². The molecule has 0 radical (unpaired) electrons. The Morgan fingerprint density at radius 2 is 1.69 bits per heavy atom. The molecule has 3 aromatic carbocycles. The number of nitrogens with zero attached hydrogens (tertiary/aromatic N) is 1. The van der Waals surface area contributed by atoms with Crippen LogP contribution >= 0.6 is 22.6 Å². The minimum absolute atomic E-state index is 0.0396. The largest absolute Gasteiger partial charge is 0.493 e. The second kappa shape index (κ2) is 8.45. The van der Waals surface area contributed by atoms with Crippen LogP contribution in [0.5, 0.6) is 11.5 Å². The van der Waals surface area contributed by atoms with Crippen molar-refractivity contribution in [2.75, 3.05) is 20.8 Å². The van der Waals surface area contributed by atoms with Gasteiger partial charge in [0.05, 0.1) is 20.3 Å². The minimum Gasteiger partial charge on any atom is -0.493 e. The zero-order valence-electron chi connectivity index (χ0n) is 16.4. The van der Waals surface area contributed by atoms with E-state index in [1.807, 2.05) is 59.5 Å². The molecule has 0 fully saturated rings. The highest BCUT2D eigenvalue weighted by atomic mass is 127. The quantitative estimate of drug-likeness (QED) is 0.470. The van der Waals surface area contributed by atoms with Crippen LogP contribution in [0.2, 0.25) is 0 Å². The van der Waals surface area contributed by atoms with E-state index in [-0.39, 0.29) is 11.9 Å². The van der Waals surface area contributed by atoms with Gasteiger partial charge in [-0.2, -0.15) is 0 Å². The van der Waals surface area contributed by atoms with E-state index in [2.05, 4.69) is 34.7 Å². The van der Waals surface area contributed by atoms with Gasteiger partial charge in [0.25, 0.3) is 5.91 Å². The summed E-state index contributed by atoms with van der Waals surface area (Å²) in [5.74, 6) is 1.43. The van der Waals surface area contributed by atoms with Crippen molar-refractivity contribution in [3.05, 3.63) is 92.6 Å². The standard InChI is InChI=1S/C24H22INO3/c1-28-21-14-17-11-12-26(24(27)18-9-6-10-19(25)13-18)23(16-7-4-3-5-8-16)20(17)15-22(21)29-2/h3-10,13-15,23H,11-12H2,1-2H3. The SMILES string of the molecule is COc1cc2c(cc1OC)C(c1ccccc1)N(C(=O)c1cccc(I)c1)CC2. The second-order valence-electron chi connectivity index (χ2n) is 6.98. The lowest BCUT2D eigenvalue weighted by Crippen LogP contribution is -2.40. The summed E-state index contributed by atoms with van der Waals surface area (Å²) in [6.45, 7) is 0.645. The Morgan fingerprint density at radius 1 is 0.966 bits per heavy atom. The van der Waals surface area contributed by atoms with E-state index in [9.17, 15) is 4.79 Å². The fourth-order valence-corrected chi connectivity index (χ4v) is 4.49. The molecular weight excluding hydrogens is 477 g/mol. The van der Waals surface area contributed by atoms with Crippen molar-refractivity contribution < 1.29 is 14.3 Å². The Balaban J connectivity index is 1.84. The molecule has 0 spiro atoms. The normalized spacial score (nSPS) is 15.6. The lowest BCUT2D eigenvalue weighted by atomic mass is 9.87. The van der Waals surface area contributed by atoms with Crippen molar-refractivity contribution in [2.45, 2.75) is 12.5 Å². The fourth-order valence-electron chi connectivity index (χ4n) is 3.95. The Labute approximate surface area is 184 Å². The van der Waals surface area contributed by atoms with Crippen molar-refractivity contribution in [3.8, 4) is 11.5 Å². The molecule has 0 N–H and O–H groups in total. The molecule has 148 valence electrons. The Kier molecular flexibility index (Phi) is 5.76. The first kappa shape index (κ1) is 19.8. The van der Waals surface area contributed by atoms with E-state index < -0.39 is 0 Å². The Morgan fingerprint density at radius 3 is 2.38 bits per heavy atom. The van der Waals surface area contributed by atoms with Gasteiger partial charge in [-0.25, -0.2) is 0 Å². The summed E-state index contributed by atoms with van der Waals surface area (Å²) in [5, 5.41) is 0. The molecule has 1 atom stereocenters. The van der Waals surface area contributed by atoms with Gasteiger partial charge in [0.2, 0.25) is 0 Å². The molecule has 4 nitrogen and oxygen atoms in total. The predicted octanol–water partition coefficient (Wildman–Crippen LogP) is 5.10. The van der Waals surface area contributed by atoms with Crippen molar-refractivity contribution in [3.63, 3.8) is 0 Å². The van der Waals surface area contributed by atoms with Crippen molar-refractivity contribution in [2.24, 2.45) is 0 Å². The van der Waals surface area contributed by atoms with Crippen LogP contribution in [-0.4, -0.2) is 31.6 Å². The van der Waals surface area contributed by atoms with Crippen LogP contribution in [0.3, 0.4) is 0 Å². The number of amides is 1. The maximum Gasteiger partial charge on any atom is 0.254 e. The van der Waals surface area contributed by atoms with Crippen LogP contribution in [0.1, 0.15) is 33.1 Å². The number of ether oxygens (including phenoxy) is 2. The van der Waals surface area contributed by atoms with Gasteiger partial charge < -0.3 is 14.4 Å². The van der Waals surface area contributed by atoms with E-state index in [1.165, 1.54) is 5.56 Å². The van der Waals surface area contributed by atoms with E-state index in [0.717, 1.165) is 26.9 Å². The summed E-state index contributed by atoms with van der Waals surface area (Å²) >= 11 is 2.24. The van der Waals surface area contributed by atoms with E-state index in [0.29, 0.717) is 17.9 Å². The van der Waals surface area contributed by atoms with Gasteiger partial charge in [0.15, 0.2) is 11.5 Å². The second-order valence-corrected chi connectivity index (χ2v) is 8.22. The minimum atomic E-state index is -0.176. The van der Waals surface area contributed by atoms with Crippen LogP contribution in [0, 0.1) is 3.57 Å². The smallest absolute Gasteiger partial charge is 0.254 e. The van der Waals surface area contributed by atoms with Gasteiger partial charge in [-0.15, -0.1) is 0 Å². The molecule has 0 aromatic heterocycles. The molecule has 0 saturated heterocycles. The number of carbonyl (C=O) groups excluding carboxylic acids is 1. The molecule has 0 bridgehead atoms. The summed E-state index contributed by atoms with van der Waals surface area (Å²) in [6.07, 6.45) is 0.773. The number of halogens is 1. The fraction of sp³-hybridized carbons (Fsp3) is 0.208. The third-order valence-electron chi connectivity index (χ3n) is 5.32. The zero-order chi connectivity index (χ0) is 20.4.